The van der Waals surface area contributed by atoms with E-state index in [1.54, 1.807) is 0 Å². The van der Waals surface area contributed by atoms with Gasteiger partial charge in [0.1, 0.15) is 5.82 Å². The minimum Gasteiger partial charge on any atom is -0.318 e. The molecule has 0 aliphatic carbocycles. The molecule has 0 radical (unpaired) electrons. The van der Waals surface area contributed by atoms with Gasteiger partial charge in [-0.15, -0.1) is 0 Å². The summed E-state index contributed by atoms with van der Waals surface area (Å²) < 4.78 is 0. The first-order chi connectivity index (χ1) is 11.3. The maximum atomic E-state index is 6.31. The lowest BCUT2D eigenvalue weighted by Gasteiger charge is -2.18. The number of hydrogen-bond acceptors (Lipinski definition) is 3. The summed E-state index contributed by atoms with van der Waals surface area (Å²) in [7, 11) is 0. The number of nitrogens with two attached hydrogens (primary N) is 1. The second kappa shape index (κ2) is 6.21. The molecule has 1 atom stereocenters. The summed E-state index contributed by atoms with van der Waals surface area (Å²) in [5.74, 6) is 1.35. The zero-order valence-electron chi connectivity index (χ0n) is 14.7. The van der Waals surface area contributed by atoms with Crippen LogP contribution in [0, 0.1) is 6.92 Å². The van der Waals surface area contributed by atoms with Gasteiger partial charge < -0.3 is 5.73 Å². The normalized spacial score (nSPS) is 13.0. The maximum absolute atomic E-state index is 6.31. The number of nitrogens with zero attached hydrogens (tertiary/aromatic N) is 2. The molecule has 1 heterocycles. The third kappa shape index (κ3) is 3.39. The van der Waals surface area contributed by atoms with Gasteiger partial charge >= 0.3 is 0 Å². The first-order valence-corrected chi connectivity index (χ1v) is 8.20. The Bertz CT molecular complexity index is 808. The van der Waals surface area contributed by atoms with E-state index in [-0.39, 0.29) is 11.5 Å². The Morgan fingerprint density at radius 3 is 2.17 bits per heavy atom. The predicted octanol–water partition coefficient (Wildman–Crippen LogP) is 4.13. The highest BCUT2D eigenvalue weighted by molar-refractivity contribution is 5.55. The topological polar surface area (TPSA) is 67.6 Å². The van der Waals surface area contributed by atoms with Crippen molar-refractivity contribution in [1.29, 1.82) is 0 Å². The van der Waals surface area contributed by atoms with Crippen LogP contribution in [-0.4, -0.2) is 15.2 Å². The molecule has 0 spiro atoms. The third-order valence-corrected chi connectivity index (χ3v) is 4.24. The number of aryl methyl sites for hydroxylation is 1. The largest absolute Gasteiger partial charge is 0.318 e. The highest BCUT2D eigenvalue weighted by atomic mass is 15.2. The van der Waals surface area contributed by atoms with Crippen molar-refractivity contribution in [3.05, 3.63) is 71.0 Å². The van der Waals surface area contributed by atoms with Crippen molar-refractivity contribution in [2.75, 3.05) is 0 Å². The van der Waals surface area contributed by atoms with Crippen LogP contribution in [0.2, 0.25) is 0 Å². The van der Waals surface area contributed by atoms with E-state index in [9.17, 15) is 0 Å². The highest BCUT2D eigenvalue weighted by Gasteiger charge is 2.16. The van der Waals surface area contributed by atoms with Crippen LogP contribution in [0.25, 0.3) is 11.4 Å². The van der Waals surface area contributed by atoms with Gasteiger partial charge in [0.15, 0.2) is 5.82 Å². The minimum atomic E-state index is -0.305. The molecule has 4 heteroatoms. The Morgan fingerprint density at radius 2 is 1.58 bits per heavy atom. The van der Waals surface area contributed by atoms with Gasteiger partial charge in [-0.05, 0) is 23.5 Å². The average molecular weight is 320 g/mol. The van der Waals surface area contributed by atoms with Gasteiger partial charge in [-0.1, -0.05) is 74.9 Å². The fourth-order valence-corrected chi connectivity index (χ4v) is 2.59. The second-order valence-corrected chi connectivity index (χ2v) is 7.26. The lowest BCUT2D eigenvalue weighted by Crippen LogP contribution is -2.13. The van der Waals surface area contributed by atoms with Crippen LogP contribution in [0.1, 0.15) is 49.3 Å². The molecule has 0 saturated carbocycles. The summed E-state index contributed by atoms with van der Waals surface area (Å²) in [6.45, 7) is 8.66. The predicted molar refractivity (Wildman–Crippen MR) is 97.7 cm³/mol. The fraction of sp³-hybridized carbons (Fsp3) is 0.300. The standard InChI is InChI=1S/C20H24N4/c1-13-5-7-14(8-6-13)17(21)19-22-18(23-24-19)15-9-11-16(12-10-15)20(2,3)4/h5-12,17H,21H2,1-4H3,(H,22,23,24). The molecule has 3 aromatic rings. The summed E-state index contributed by atoms with van der Waals surface area (Å²) in [5, 5.41) is 7.30. The van der Waals surface area contributed by atoms with Crippen molar-refractivity contribution in [3.63, 3.8) is 0 Å². The Morgan fingerprint density at radius 1 is 0.958 bits per heavy atom. The molecule has 0 saturated heterocycles. The molecule has 2 aromatic carbocycles. The third-order valence-electron chi connectivity index (χ3n) is 4.24. The number of aromatic nitrogens is 3. The van der Waals surface area contributed by atoms with Gasteiger partial charge in [0.25, 0.3) is 0 Å². The fourth-order valence-electron chi connectivity index (χ4n) is 2.59. The molecule has 124 valence electrons. The van der Waals surface area contributed by atoms with E-state index >= 15 is 0 Å². The Balaban J connectivity index is 1.83. The van der Waals surface area contributed by atoms with Crippen LogP contribution in [0.5, 0.6) is 0 Å². The van der Waals surface area contributed by atoms with Crippen molar-refractivity contribution >= 4 is 0 Å². The van der Waals surface area contributed by atoms with Crippen LogP contribution in [0.4, 0.5) is 0 Å². The van der Waals surface area contributed by atoms with Crippen molar-refractivity contribution in [1.82, 2.24) is 15.2 Å². The molecule has 1 aromatic heterocycles. The van der Waals surface area contributed by atoms with Crippen LogP contribution in [-0.2, 0) is 5.41 Å². The summed E-state index contributed by atoms with van der Waals surface area (Å²) in [6.07, 6.45) is 0. The van der Waals surface area contributed by atoms with Gasteiger partial charge in [-0.3, -0.25) is 5.10 Å². The quantitative estimate of drug-likeness (QED) is 0.762. The van der Waals surface area contributed by atoms with E-state index in [1.165, 1.54) is 11.1 Å². The molecular formula is C20H24N4. The highest BCUT2D eigenvalue weighted by Crippen LogP contribution is 2.25. The first-order valence-electron chi connectivity index (χ1n) is 8.20. The van der Waals surface area contributed by atoms with Crippen LogP contribution in [0.3, 0.4) is 0 Å². The molecule has 0 aliphatic rings. The summed E-state index contributed by atoms with van der Waals surface area (Å²) in [6, 6.07) is 16.2. The molecule has 3 rings (SSSR count). The van der Waals surface area contributed by atoms with E-state index in [0.717, 1.165) is 11.1 Å². The molecule has 0 aliphatic heterocycles. The van der Waals surface area contributed by atoms with Crippen molar-refractivity contribution in [2.45, 2.75) is 39.2 Å². The number of hydrogen-bond donors (Lipinski definition) is 2. The Labute approximate surface area is 143 Å². The van der Waals surface area contributed by atoms with Gasteiger partial charge in [0, 0.05) is 5.56 Å². The molecule has 0 fully saturated rings. The molecule has 24 heavy (non-hydrogen) atoms. The Kier molecular flexibility index (Phi) is 4.24. The number of benzene rings is 2. The number of H-pyrrole nitrogens is 1. The van der Waals surface area contributed by atoms with Crippen molar-refractivity contribution in [2.24, 2.45) is 5.73 Å². The van der Waals surface area contributed by atoms with E-state index in [4.69, 9.17) is 5.73 Å². The summed E-state index contributed by atoms with van der Waals surface area (Å²) in [4.78, 5) is 4.58. The van der Waals surface area contributed by atoms with Gasteiger partial charge in [-0.2, -0.15) is 5.10 Å². The van der Waals surface area contributed by atoms with Gasteiger partial charge in [0.05, 0.1) is 6.04 Å². The maximum Gasteiger partial charge on any atom is 0.181 e. The van der Waals surface area contributed by atoms with E-state index in [1.807, 2.05) is 12.1 Å². The number of aromatic amines is 1. The lowest BCUT2D eigenvalue weighted by molar-refractivity contribution is 0.590. The van der Waals surface area contributed by atoms with Crippen molar-refractivity contribution < 1.29 is 0 Å². The molecule has 0 amide bonds. The van der Waals surface area contributed by atoms with Gasteiger partial charge in [0.2, 0.25) is 0 Å². The summed E-state index contributed by atoms with van der Waals surface area (Å²) in [5.41, 5.74) is 10.9. The smallest absolute Gasteiger partial charge is 0.181 e. The van der Waals surface area contributed by atoms with Crippen LogP contribution in [0.15, 0.2) is 48.5 Å². The number of nitrogens with one attached hydrogen (secondary N) is 1. The average Bonchev–Trinajstić information content (AvgIpc) is 3.04. The Hall–Kier alpha value is -2.46. The molecule has 4 nitrogen and oxygen atoms in total. The van der Waals surface area contributed by atoms with Gasteiger partial charge in [-0.25, -0.2) is 4.98 Å². The van der Waals surface area contributed by atoms with Crippen LogP contribution >= 0.6 is 0 Å². The van der Waals surface area contributed by atoms with E-state index < -0.39 is 0 Å². The number of rotatable bonds is 3. The molecular weight excluding hydrogens is 296 g/mol. The molecule has 0 bridgehead atoms. The molecule has 3 N–H and O–H groups in total. The van der Waals surface area contributed by atoms with E-state index in [0.29, 0.717) is 11.6 Å². The minimum absolute atomic E-state index is 0.135. The second-order valence-electron chi connectivity index (χ2n) is 7.26. The van der Waals surface area contributed by atoms with Crippen LogP contribution < -0.4 is 5.73 Å². The summed E-state index contributed by atoms with van der Waals surface area (Å²) >= 11 is 0. The SMILES string of the molecule is Cc1ccc(C(N)c2nc(-c3ccc(C(C)(C)C)cc3)n[nH]2)cc1. The zero-order valence-corrected chi connectivity index (χ0v) is 14.7. The molecule has 1 unspecified atom stereocenters. The first kappa shape index (κ1) is 16.4. The van der Waals surface area contributed by atoms with E-state index in [2.05, 4.69) is 79.3 Å². The van der Waals surface area contributed by atoms with Crippen molar-refractivity contribution in [3.8, 4) is 11.4 Å². The zero-order chi connectivity index (χ0) is 17.3. The monoisotopic (exact) mass is 320 g/mol. The lowest BCUT2D eigenvalue weighted by atomic mass is 9.87.